The van der Waals surface area contributed by atoms with Gasteiger partial charge in [0, 0.05) is 5.69 Å². The SMILES string of the molecule is COC(=O)Nc1nc2cc(Nc3ccccc3C)cnc2[nH]1. The summed E-state index contributed by atoms with van der Waals surface area (Å²) < 4.78 is 4.52. The third-order valence-electron chi connectivity index (χ3n) is 3.17. The van der Waals surface area contributed by atoms with Crippen molar-refractivity contribution in [2.45, 2.75) is 6.92 Å². The number of nitrogens with one attached hydrogen (secondary N) is 3. The maximum atomic E-state index is 11.2. The Morgan fingerprint density at radius 3 is 2.91 bits per heavy atom. The number of carbonyl (C=O) groups is 1. The lowest BCUT2D eigenvalue weighted by molar-refractivity contribution is 0.186. The maximum absolute atomic E-state index is 11.2. The molecule has 0 bridgehead atoms. The number of hydrogen-bond acceptors (Lipinski definition) is 5. The molecular weight excluding hydrogens is 282 g/mol. The molecule has 3 N–H and O–H groups in total. The topological polar surface area (TPSA) is 91.9 Å². The van der Waals surface area contributed by atoms with Crippen LogP contribution in [0.25, 0.3) is 11.2 Å². The second-order valence-electron chi connectivity index (χ2n) is 4.73. The molecule has 112 valence electrons. The summed E-state index contributed by atoms with van der Waals surface area (Å²) in [6, 6.07) is 9.83. The van der Waals surface area contributed by atoms with Gasteiger partial charge < -0.3 is 15.0 Å². The number of anilines is 3. The first-order valence-corrected chi connectivity index (χ1v) is 6.69. The monoisotopic (exact) mass is 297 g/mol. The van der Waals surface area contributed by atoms with Crippen molar-refractivity contribution in [1.29, 1.82) is 0 Å². The van der Waals surface area contributed by atoms with Gasteiger partial charge in [-0.1, -0.05) is 18.2 Å². The van der Waals surface area contributed by atoms with Crippen molar-refractivity contribution >= 4 is 34.6 Å². The standard InChI is InChI=1S/C15H15N5O2/c1-9-5-3-4-6-11(9)17-10-7-12-13(16-8-10)19-14(18-12)20-15(21)22-2/h3-8,17H,1-2H3,(H2,16,18,19,20,21). The molecule has 22 heavy (non-hydrogen) atoms. The first kappa shape index (κ1) is 13.9. The summed E-state index contributed by atoms with van der Waals surface area (Å²) in [5.74, 6) is 0.294. The summed E-state index contributed by atoms with van der Waals surface area (Å²) in [4.78, 5) is 22.6. The van der Waals surface area contributed by atoms with Crippen LogP contribution in [0.5, 0.6) is 0 Å². The number of aromatic amines is 1. The lowest BCUT2D eigenvalue weighted by Crippen LogP contribution is -2.11. The van der Waals surface area contributed by atoms with Crippen LogP contribution < -0.4 is 10.6 Å². The Morgan fingerprint density at radius 1 is 1.32 bits per heavy atom. The van der Waals surface area contributed by atoms with E-state index in [0.717, 1.165) is 16.9 Å². The van der Waals surface area contributed by atoms with Crippen LogP contribution >= 0.6 is 0 Å². The van der Waals surface area contributed by atoms with Gasteiger partial charge in [-0.2, -0.15) is 0 Å². The largest absolute Gasteiger partial charge is 0.453 e. The Bertz CT molecular complexity index is 828. The molecule has 0 atom stereocenters. The second-order valence-corrected chi connectivity index (χ2v) is 4.73. The van der Waals surface area contributed by atoms with Gasteiger partial charge in [-0.25, -0.2) is 14.8 Å². The van der Waals surface area contributed by atoms with Crippen molar-refractivity contribution in [3.05, 3.63) is 42.1 Å². The van der Waals surface area contributed by atoms with Crippen molar-refractivity contribution in [2.75, 3.05) is 17.7 Å². The summed E-state index contributed by atoms with van der Waals surface area (Å²) >= 11 is 0. The summed E-state index contributed by atoms with van der Waals surface area (Å²) in [6.07, 6.45) is 1.12. The van der Waals surface area contributed by atoms with E-state index in [9.17, 15) is 4.79 Å². The number of para-hydroxylation sites is 1. The Balaban J connectivity index is 1.86. The van der Waals surface area contributed by atoms with Crippen molar-refractivity contribution < 1.29 is 9.53 Å². The molecule has 1 aromatic carbocycles. The number of ether oxygens (including phenoxy) is 1. The molecule has 2 heterocycles. The maximum Gasteiger partial charge on any atom is 0.413 e. The molecule has 0 spiro atoms. The molecule has 0 aliphatic heterocycles. The number of fused-ring (bicyclic) bond motifs is 1. The number of methoxy groups -OCH3 is 1. The molecule has 0 radical (unpaired) electrons. The molecule has 0 fully saturated rings. The van der Waals surface area contributed by atoms with E-state index in [1.54, 1.807) is 6.20 Å². The summed E-state index contributed by atoms with van der Waals surface area (Å²) in [7, 11) is 1.29. The molecule has 0 saturated heterocycles. The van der Waals surface area contributed by atoms with Crippen LogP contribution in [0, 0.1) is 6.92 Å². The number of aromatic nitrogens is 3. The number of rotatable bonds is 3. The van der Waals surface area contributed by atoms with Crippen molar-refractivity contribution in [3.63, 3.8) is 0 Å². The van der Waals surface area contributed by atoms with Gasteiger partial charge in [0.05, 0.1) is 19.0 Å². The van der Waals surface area contributed by atoms with Crippen LogP contribution in [-0.4, -0.2) is 28.2 Å². The van der Waals surface area contributed by atoms with Crippen LogP contribution in [0.15, 0.2) is 36.5 Å². The fourth-order valence-corrected chi connectivity index (χ4v) is 2.04. The van der Waals surface area contributed by atoms with Gasteiger partial charge in [-0.05, 0) is 24.6 Å². The smallest absolute Gasteiger partial charge is 0.413 e. The van der Waals surface area contributed by atoms with Crippen LogP contribution in [-0.2, 0) is 4.74 Å². The molecule has 3 aromatic rings. The molecule has 1 amide bonds. The number of nitrogens with zero attached hydrogens (tertiary/aromatic N) is 2. The third kappa shape index (κ3) is 2.83. The number of hydrogen-bond donors (Lipinski definition) is 3. The lowest BCUT2D eigenvalue weighted by Gasteiger charge is -2.08. The first-order chi connectivity index (χ1) is 10.7. The number of pyridine rings is 1. The van der Waals surface area contributed by atoms with Gasteiger partial charge in [0.25, 0.3) is 0 Å². The molecule has 0 unspecified atom stereocenters. The van der Waals surface area contributed by atoms with Crippen molar-refractivity contribution in [2.24, 2.45) is 0 Å². The average molecular weight is 297 g/mol. The van der Waals surface area contributed by atoms with Gasteiger partial charge in [-0.15, -0.1) is 0 Å². The fraction of sp³-hybridized carbons (Fsp3) is 0.133. The van der Waals surface area contributed by atoms with Crippen molar-refractivity contribution in [1.82, 2.24) is 15.0 Å². The number of benzene rings is 1. The number of H-pyrrole nitrogens is 1. The van der Waals surface area contributed by atoms with Gasteiger partial charge in [0.15, 0.2) is 5.65 Å². The molecule has 7 nitrogen and oxygen atoms in total. The number of imidazole rings is 1. The van der Waals surface area contributed by atoms with E-state index < -0.39 is 6.09 Å². The normalized spacial score (nSPS) is 10.5. The Labute approximate surface area is 126 Å². The highest BCUT2D eigenvalue weighted by Gasteiger charge is 2.08. The lowest BCUT2D eigenvalue weighted by atomic mass is 10.2. The zero-order valence-corrected chi connectivity index (χ0v) is 12.2. The second kappa shape index (κ2) is 5.72. The predicted octanol–water partition coefficient (Wildman–Crippen LogP) is 3.19. The molecule has 3 rings (SSSR count). The van der Waals surface area contributed by atoms with Gasteiger partial charge in [0.1, 0.15) is 5.52 Å². The minimum Gasteiger partial charge on any atom is -0.453 e. The quantitative estimate of drug-likeness (QED) is 0.690. The van der Waals surface area contributed by atoms with Crippen LogP contribution in [0.4, 0.5) is 22.1 Å². The third-order valence-corrected chi connectivity index (χ3v) is 3.17. The molecule has 7 heteroatoms. The molecule has 0 aliphatic carbocycles. The van der Waals surface area contributed by atoms with E-state index in [1.165, 1.54) is 7.11 Å². The van der Waals surface area contributed by atoms with Gasteiger partial charge in [0.2, 0.25) is 5.95 Å². The van der Waals surface area contributed by atoms with E-state index in [4.69, 9.17) is 0 Å². The van der Waals surface area contributed by atoms with Crippen LogP contribution in [0.1, 0.15) is 5.56 Å². The average Bonchev–Trinajstić information content (AvgIpc) is 2.91. The predicted molar refractivity (Wildman–Crippen MR) is 84.4 cm³/mol. The van der Waals surface area contributed by atoms with Crippen LogP contribution in [0.2, 0.25) is 0 Å². The number of aryl methyl sites for hydroxylation is 1. The molecule has 0 aliphatic rings. The van der Waals surface area contributed by atoms with E-state index in [1.807, 2.05) is 37.3 Å². The molecule has 0 saturated carbocycles. The van der Waals surface area contributed by atoms with E-state index in [2.05, 4.69) is 30.3 Å². The summed E-state index contributed by atoms with van der Waals surface area (Å²) in [5, 5.41) is 5.77. The minimum absolute atomic E-state index is 0.294. The Kier molecular flexibility index (Phi) is 3.61. The summed E-state index contributed by atoms with van der Waals surface area (Å²) in [6.45, 7) is 2.03. The van der Waals surface area contributed by atoms with E-state index in [-0.39, 0.29) is 0 Å². The van der Waals surface area contributed by atoms with Gasteiger partial charge >= 0.3 is 6.09 Å². The molecular formula is C15H15N5O2. The fourth-order valence-electron chi connectivity index (χ4n) is 2.04. The zero-order valence-electron chi connectivity index (χ0n) is 12.2. The van der Waals surface area contributed by atoms with Crippen molar-refractivity contribution in [3.8, 4) is 0 Å². The molecule has 2 aromatic heterocycles. The van der Waals surface area contributed by atoms with Gasteiger partial charge in [-0.3, -0.25) is 5.32 Å². The summed E-state index contributed by atoms with van der Waals surface area (Å²) in [5.41, 5.74) is 4.19. The highest BCUT2D eigenvalue weighted by Crippen LogP contribution is 2.22. The van der Waals surface area contributed by atoms with E-state index >= 15 is 0 Å². The highest BCUT2D eigenvalue weighted by molar-refractivity contribution is 5.86. The Hall–Kier alpha value is -3.09. The first-order valence-electron chi connectivity index (χ1n) is 6.69. The van der Waals surface area contributed by atoms with Crippen LogP contribution in [0.3, 0.4) is 0 Å². The van der Waals surface area contributed by atoms with E-state index in [0.29, 0.717) is 17.1 Å². The highest BCUT2D eigenvalue weighted by atomic mass is 16.5. The number of carbonyl (C=O) groups excluding carboxylic acids is 1. The number of amides is 1. The zero-order chi connectivity index (χ0) is 15.5. The Morgan fingerprint density at radius 2 is 2.14 bits per heavy atom. The minimum atomic E-state index is -0.586.